The number of piperazine rings is 1. The van der Waals surface area contributed by atoms with Gasteiger partial charge in [0.25, 0.3) is 0 Å². The van der Waals surface area contributed by atoms with Crippen LogP contribution in [0.3, 0.4) is 0 Å². The molecule has 1 N–H and O–H groups in total. The number of esters is 1. The lowest BCUT2D eigenvalue weighted by Crippen LogP contribution is -2.51. The Morgan fingerprint density at radius 1 is 1.42 bits per heavy atom. The topological polar surface area (TPSA) is 88.8 Å². The van der Waals surface area contributed by atoms with E-state index in [4.69, 9.17) is 9.15 Å². The van der Waals surface area contributed by atoms with Gasteiger partial charge in [-0.2, -0.15) is 4.31 Å². The molecule has 1 aromatic carbocycles. The third kappa shape index (κ3) is 3.73. The fourth-order valence-electron chi connectivity index (χ4n) is 3.02. The molecular weight excluding hydrogens is 380 g/mol. The minimum atomic E-state index is -3.59. The van der Waals surface area contributed by atoms with E-state index in [-0.39, 0.29) is 35.7 Å². The van der Waals surface area contributed by atoms with E-state index >= 15 is 0 Å². The van der Waals surface area contributed by atoms with Crippen molar-refractivity contribution in [3.8, 4) is 0 Å². The standard InChI is InChI=1S/C17H22N2O5S.ClH/c1-4-23-17(20)16-12(3)14-9-13(5-6-15(14)24-16)25(21,22)19-8-7-18-11(2)10-19;/h5-6,9,11,18H,4,7-8,10H2,1-3H3;1H/t11-;/m0./s1. The summed E-state index contributed by atoms with van der Waals surface area (Å²) in [5.74, 6) is -0.432. The number of carbonyl (C=O) groups excluding carboxylic acids is 1. The van der Waals surface area contributed by atoms with Gasteiger partial charge in [-0.05, 0) is 39.0 Å². The first-order valence-corrected chi connectivity index (χ1v) is 9.72. The van der Waals surface area contributed by atoms with Gasteiger partial charge >= 0.3 is 5.97 Å². The summed E-state index contributed by atoms with van der Waals surface area (Å²) in [4.78, 5) is 12.2. The molecule has 0 spiro atoms. The molecule has 0 amide bonds. The molecule has 3 rings (SSSR count). The largest absolute Gasteiger partial charge is 0.460 e. The molecule has 9 heteroatoms. The number of nitrogens with one attached hydrogen (secondary N) is 1. The van der Waals surface area contributed by atoms with Crippen molar-refractivity contribution in [1.29, 1.82) is 0 Å². The molecular formula is C17H23ClN2O5S. The van der Waals surface area contributed by atoms with Crippen LogP contribution in [0.15, 0.2) is 27.5 Å². The van der Waals surface area contributed by atoms with Crippen molar-refractivity contribution in [3.05, 3.63) is 29.5 Å². The van der Waals surface area contributed by atoms with Gasteiger partial charge in [0.1, 0.15) is 5.58 Å². The molecule has 0 bridgehead atoms. The number of ether oxygens (including phenoxy) is 1. The second kappa shape index (κ2) is 7.96. The highest BCUT2D eigenvalue weighted by Crippen LogP contribution is 2.29. The zero-order valence-electron chi connectivity index (χ0n) is 14.9. The van der Waals surface area contributed by atoms with Gasteiger partial charge in [0.05, 0.1) is 11.5 Å². The maximum absolute atomic E-state index is 12.9. The maximum atomic E-state index is 12.9. The molecule has 0 radical (unpaired) electrons. The lowest BCUT2D eigenvalue weighted by atomic mass is 10.1. The van der Waals surface area contributed by atoms with Gasteiger partial charge in [0.15, 0.2) is 0 Å². The number of carbonyl (C=O) groups is 1. The molecule has 1 aliphatic heterocycles. The summed E-state index contributed by atoms with van der Waals surface area (Å²) in [5.41, 5.74) is 1.05. The van der Waals surface area contributed by atoms with Crippen molar-refractivity contribution < 1.29 is 22.4 Å². The predicted molar refractivity (Wildman–Crippen MR) is 100 cm³/mol. The fourth-order valence-corrected chi connectivity index (χ4v) is 4.57. The fraction of sp³-hybridized carbons (Fsp3) is 0.471. The van der Waals surface area contributed by atoms with Crippen LogP contribution < -0.4 is 5.32 Å². The molecule has 2 heterocycles. The zero-order valence-corrected chi connectivity index (χ0v) is 16.6. The van der Waals surface area contributed by atoms with Crippen molar-refractivity contribution in [1.82, 2.24) is 9.62 Å². The first-order valence-electron chi connectivity index (χ1n) is 8.28. The highest BCUT2D eigenvalue weighted by Gasteiger charge is 2.29. The molecule has 26 heavy (non-hydrogen) atoms. The number of hydrogen-bond acceptors (Lipinski definition) is 6. The Kier molecular flexibility index (Phi) is 6.33. The number of furan rings is 1. The highest BCUT2D eigenvalue weighted by molar-refractivity contribution is 7.89. The maximum Gasteiger partial charge on any atom is 0.374 e. The molecule has 7 nitrogen and oxygen atoms in total. The van der Waals surface area contributed by atoms with E-state index in [1.54, 1.807) is 26.0 Å². The summed E-state index contributed by atoms with van der Waals surface area (Å²) in [6, 6.07) is 4.78. The molecule has 0 unspecified atom stereocenters. The van der Waals surface area contributed by atoms with Crippen LogP contribution in [0.4, 0.5) is 0 Å². The number of aryl methyl sites for hydroxylation is 1. The first-order chi connectivity index (χ1) is 11.8. The Bertz CT molecular complexity index is 909. The average molecular weight is 403 g/mol. The lowest BCUT2D eigenvalue weighted by Gasteiger charge is -2.31. The van der Waals surface area contributed by atoms with Crippen molar-refractivity contribution >= 4 is 39.4 Å². The van der Waals surface area contributed by atoms with E-state index in [1.165, 1.54) is 10.4 Å². The van der Waals surface area contributed by atoms with E-state index in [1.807, 2.05) is 6.92 Å². The van der Waals surface area contributed by atoms with Crippen LogP contribution >= 0.6 is 12.4 Å². The number of fused-ring (bicyclic) bond motifs is 1. The van der Waals surface area contributed by atoms with Gasteiger partial charge in [0.2, 0.25) is 15.8 Å². The van der Waals surface area contributed by atoms with Crippen LogP contribution in [0.2, 0.25) is 0 Å². The van der Waals surface area contributed by atoms with Gasteiger partial charge in [0, 0.05) is 36.6 Å². The SMILES string of the molecule is CCOC(=O)c1oc2ccc(S(=O)(=O)N3CCN[C@@H](C)C3)cc2c1C.Cl. The summed E-state index contributed by atoms with van der Waals surface area (Å²) < 4.78 is 37.8. The van der Waals surface area contributed by atoms with Gasteiger partial charge in [-0.1, -0.05) is 0 Å². The van der Waals surface area contributed by atoms with E-state index < -0.39 is 16.0 Å². The number of sulfonamides is 1. The van der Waals surface area contributed by atoms with Gasteiger partial charge in [-0.25, -0.2) is 13.2 Å². The molecule has 0 aliphatic carbocycles. The minimum absolute atomic E-state index is 0. The second-order valence-corrected chi connectivity index (χ2v) is 8.09. The van der Waals surface area contributed by atoms with Gasteiger partial charge in [-0.3, -0.25) is 0 Å². The number of nitrogens with zero attached hydrogens (tertiary/aromatic N) is 1. The molecule has 2 aromatic rings. The minimum Gasteiger partial charge on any atom is -0.460 e. The van der Waals surface area contributed by atoms with E-state index in [0.29, 0.717) is 36.2 Å². The first kappa shape index (κ1) is 20.7. The molecule has 1 atom stereocenters. The number of benzene rings is 1. The Morgan fingerprint density at radius 2 is 2.15 bits per heavy atom. The summed E-state index contributed by atoms with van der Waals surface area (Å²) in [5, 5.41) is 3.83. The normalized spacial score (nSPS) is 18.5. The van der Waals surface area contributed by atoms with Gasteiger partial charge < -0.3 is 14.5 Å². The number of hydrogen-bond donors (Lipinski definition) is 1. The van der Waals surface area contributed by atoms with Crippen molar-refractivity contribution in [3.63, 3.8) is 0 Å². The van der Waals surface area contributed by atoms with E-state index in [2.05, 4.69) is 5.32 Å². The summed E-state index contributed by atoms with van der Waals surface area (Å²) >= 11 is 0. The van der Waals surface area contributed by atoms with Crippen molar-refractivity contribution in [2.24, 2.45) is 0 Å². The lowest BCUT2D eigenvalue weighted by molar-refractivity contribution is 0.0491. The van der Waals surface area contributed by atoms with Crippen LogP contribution in [-0.4, -0.2) is 51.0 Å². The smallest absolute Gasteiger partial charge is 0.374 e. The molecule has 1 aromatic heterocycles. The number of halogens is 1. The summed E-state index contributed by atoms with van der Waals surface area (Å²) in [6.07, 6.45) is 0. The van der Waals surface area contributed by atoms with Crippen LogP contribution in [0, 0.1) is 6.92 Å². The third-order valence-electron chi connectivity index (χ3n) is 4.34. The third-order valence-corrected chi connectivity index (χ3v) is 6.20. The number of rotatable bonds is 4. The molecule has 0 saturated carbocycles. The van der Waals surface area contributed by atoms with E-state index in [0.717, 1.165) is 0 Å². The molecule has 144 valence electrons. The monoisotopic (exact) mass is 402 g/mol. The van der Waals surface area contributed by atoms with Gasteiger partial charge in [-0.15, -0.1) is 12.4 Å². The quantitative estimate of drug-likeness (QED) is 0.789. The van der Waals surface area contributed by atoms with Crippen molar-refractivity contribution in [2.45, 2.75) is 31.7 Å². The van der Waals surface area contributed by atoms with Crippen LogP contribution in [0.5, 0.6) is 0 Å². The van der Waals surface area contributed by atoms with Crippen molar-refractivity contribution in [2.75, 3.05) is 26.2 Å². The Balaban J connectivity index is 0.00000243. The van der Waals surface area contributed by atoms with E-state index in [9.17, 15) is 13.2 Å². The van der Waals surface area contributed by atoms with Crippen LogP contribution in [0.25, 0.3) is 11.0 Å². The van der Waals surface area contributed by atoms with Crippen LogP contribution in [0.1, 0.15) is 30.0 Å². The zero-order chi connectivity index (χ0) is 18.2. The predicted octanol–water partition coefficient (Wildman–Crippen LogP) is 2.32. The Morgan fingerprint density at radius 3 is 2.81 bits per heavy atom. The average Bonchev–Trinajstić information content (AvgIpc) is 2.91. The molecule has 1 fully saturated rings. The summed E-state index contributed by atoms with van der Waals surface area (Å²) in [6.45, 7) is 7.13. The highest BCUT2D eigenvalue weighted by atomic mass is 35.5. The second-order valence-electron chi connectivity index (χ2n) is 6.15. The van der Waals surface area contributed by atoms with Crippen LogP contribution in [-0.2, 0) is 14.8 Å². The summed E-state index contributed by atoms with van der Waals surface area (Å²) in [7, 11) is -3.59. The Labute approximate surface area is 159 Å². The Hall–Kier alpha value is -1.61. The molecule has 1 saturated heterocycles. The molecule has 1 aliphatic rings.